The molecule has 1 aromatic rings. The normalized spacial score (nSPS) is 21.9. The molecule has 0 spiro atoms. The molecule has 1 unspecified atom stereocenters. The Kier molecular flexibility index (Phi) is 4.13. The van der Waals surface area contributed by atoms with Crippen molar-refractivity contribution in [2.45, 2.75) is 39.5 Å². The number of hydrogen-bond acceptors (Lipinski definition) is 2. The summed E-state index contributed by atoms with van der Waals surface area (Å²) in [6, 6.07) is 7.53. The lowest BCUT2D eigenvalue weighted by Crippen LogP contribution is -2.22. The molecular formula is C15H20N2O. The van der Waals surface area contributed by atoms with Gasteiger partial charge < -0.3 is 0 Å². The molecule has 1 aliphatic rings. The standard InChI is InChI=1S/C15H20N2O/c1-11-6-8-13(9-7-11)15(18)17-16-14-5-3-4-12(2)10-14/h6-9,12H,3-5,10H2,1-2H3,(H,17,18)/b16-14-. The van der Waals surface area contributed by atoms with Gasteiger partial charge in [-0.2, -0.15) is 5.10 Å². The van der Waals surface area contributed by atoms with Crippen molar-refractivity contribution in [1.82, 2.24) is 5.43 Å². The van der Waals surface area contributed by atoms with E-state index < -0.39 is 0 Å². The predicted molar refractivity (Wildman–Crippen MR) is 73.7 cm³/mol. The van der Waals surface area contributed by atoms with Crippen LogP contribution < -0.4 is 5.43 Å². The smallest absolute Gasteiger partial charge is 0.267 e. The van der Waals surface area contributed by atoms with Crippen LogP contribution in [-0.2, 0) is 0 Å². The van der Waals surface area contributed by atoms with Crippen molar-refractivity contribution in [1.29, 1.82) is 0 Å². The van der Waals surface area contributed by atoms with Crippen LogP contribution in [0.2, 0.25) is 0 Å². The number of nitrogens with one attached hydrogen (secondary N) is 1. The van der Waals surface area contributed by atoms with E-state index in [0.717, 1.165) is 24.1 Å². The Labute approximate surface area is 108 Å². The van der Waals surface area contributed by atoms with Gasteiger partial charge in [0.05, 0.1) is 0 Å². The van der Waals surface area contributed by atoms with Gasteiger partial charge in [0.2, 0.25) is 0 Å². The number of aryl methyl sites for hydroxylation is 1. The zero-order valence-corrected chi connectivity index (χ0v) is 11.1. The average molecular weight is 244 g/mol. The third-order valence-corrected chi connectivity index (χ3v) is 3.38. The predicted octanol–water partition coefficient (Wildman–Crippen LogP) is 3.29. The average Bonchev–Trinajstić information content (AvgIpc) is 2.37. The monoisotopic (exact) mass is 244 g/mol. The van der Waals surface area contributed by atoms with Crippen molar-refractivity contribution >= 4 is 11.6 Å². The first kappa shape index (κ1) is 12.8. The highest BCUT2D eigenvalue weighted by molar-refractivity contribution is 5.95. The largest absolute Gasteiger partial charge is 0.271 e. The Morgan fingerprint density at radius 2 is 2.06 bits per heavy atom. The minimum absolute atomic E-state index is 0.124. The molecule has 0 aliphatic heterocycles. The van der Waals surface area contributed by atoms with E-state index in [2.05, 4.69) is 17.5 Å². The number of benzene rings is 1. The Hall–Kier alpha value is -1.64. The van der Waals surface area contributed by atoms with Gasteiger partial charge in [-0.25, -0.2) is 5.43 Å². The summed E-state index contributed by atoms with van der Waals surface area (Å²) in [6.45, 7) is 4.24. The van der Waals surface area contributed by atoms with E-state index in [9.17, 15) is 4.79 Å². The van der Waals surface area contributed by atoms with Crippen LogP contribution in [0.5, 0.6) is 0 Å². The molecule has 0 saturated heterocycles. The lowest BCUT2D eigenvalue weighted by Gasteiger charge is -2.18. The first-order chi connectivity index (χ1) is 8.65. The summed E-state index contributed by atoms with van der Waals surface area (Å²) in [5.74, 6) is 0.564. The van der Waals surface area contributed by atoms with Gasteiger partial charge in [-0.1, -0.05) is 24.6 Å². The SMILES string of the molecule is Cc1ccc(C(=O)N/N=C2/CCCC(C)C2)cc1. The van der Waals surface area contributed by atoms with E-state index in [0.29, 0.717) is 11.5 Å². The van der Waals surface area contributed by atoms with Gasteiger partial charge in [0.1, 0.15) is 0 Å². The summed E-state index contributed by atoms with van der Waals surface area (Å²) in [4.78, 5) is 11.9. The molecule has 2 rings (SSSR count). The summed E-state index contributed by atoms with van der Waals surface area (Å²) in [5.41, 5.74) is 5.59. The van der Waals surface area contributed by atoms with Crippen molar-refractivity contribution in [3.05, 3.63) is 35.4 Å². The third-order valence-electron chi connectivity index (χ3n) is 3.38. The van der Waals surface area contributed by atoms with Crippen LogP contribution in [0.1, 0.15) is 48.5 Å². The van der Waals surface area contributed by atoms with Crippen molar-refractivity contribution in [2.24, 2.45) is 11.0 Å². The van der Waals surface area contributed by atoms with Crippen LogP contribution in [-0.4, -0.2) is 11.6 Å². The van der Waals surface area contributed by atoms with E-state index in [-0.39, 0.29) is 5.91 Å². The van der Waals surface area contributed by atoms with Gasteiger partial charge in [0.25, 0.3) is 5.91 Å². The second-order valence-corrected chi connectivity index (χ2v) is 5.19. The first-order valence-electron chi connectivity index (χ1n) is 6.57. The second-order valence-electron chi connectivity index (χ2n) is 5.19. The molecule has 1 N–H and O–H groups in total. The van der Waals surface area contributed by atoms with Crippen LogP contribution >= 0.6 is 0 Å². The Balaban J connectivity index is 1.95. The number of nitrogens with zero attached hydrogens (tertiary/aromatic N) is 1. The summed E-state index contributed by atoms with van der Waals surface area (Å²) in [6.07, 6.45) is 4.47. The Bertz CT molecular complexity index is 448. The van der Waals surface area contributed by atoms with Crippen LogP contribution in [0.3, 0.4) is 0 Å². The van der Waals surface area contributed by atoms with Crippen LogP contribution in [0, 0.1) is 12.8 Å². The highest BCUT2D eigenvalue weighted by atomic mass is 16.2. The molecule has 3 heteroatoms. The molecule has 1 aromatic carbocycles. The number of rotatable bonds is 2. The minimum Gasteiger partial charge on any atom is -0.267 e. The molecule has 0 radical (unpaired) electrons. The van der Waals surface area contributed by atoms with Crippen molar-refractivity contribution in [2.75, 3.05) is 0 Å². The molecule has 0 bridgehead atoms. The van der Waals surface area contributed by atoms with Gasteiger partial charge in [-0.3, -0.25) is 4.79 Å². The van der Waals surface area contributed by atoms with E-state index in [4.69, 9.17) is 0 Å². The summed E-state index contributed by atoms with van der Waals surface area (Å²) < 4.78 is 0. The maximum absolute atomic E-state index is 11.9. The lowest BCUT2D eigenvalue weighted by molar-refractivity contribution is 0.0954. The van der Waals surface area contributed by atoms with Gasteiger partial charge >= 0.3 is 0 Å². The molecular weight excluding hydrogens is 224 g/mol. The quantitative estimate of drug-likeness (QED) is 0.797. The van der Waals surface area contributed by atoms with Gasteiger partial charge in [-0.15, -0.1) is 0 Å². The molecule has 0 aromatic heterocycles. The molecule has 1 atom stereocenters. The summed E-state index contributed by atoms with van der Waals surface area (Å²) in [7, 11) is 0. The van der Waals surface area contributed by atoms with Gasteiger partial charge in [-0.05, 0) is 50.7 Å². The van der Waals surface area contributed by atoms with Gasteiger partial charge in [0, 0.05) is 11.3 Å². The number of hydrazone groups is 1. The molecule has 1 saturated carbocycles. The fourth-order valence-electron chi connectivity index (χ4n) is 2.26. The highest BCUT2D eigenvalue weighted by Gasteiger charge is 2.14. The maximum atomic E-state index is 11.9. The number of carbonyl (C=O) groups is 1. The summed E-state index contributed by atoms with van der Waals surface area (Å²) >= 11 is 0. The third kappa shape index (κ3) is 3.42. The lowest BCUT2D eigenvalue weighted by atomic mass is 9.89. The molecule has 96 valence electrons. The molecule has 1 amide bonds. The molecule has 1 fully saturated rings. The van der Waals surface area contributed by atoms with Crippen molar-refractivity contribution in [3.63, 3.8) is 0 Å². The van der Waals surface area contributed by atoms with E-state index in [1.807, 2.05) is 31.2 Å². The zero-order valence-electron chi connectivity index (χ0n) is 11.1. The number of amides is 1. The molecule has 1 aliphatic carbocycles. The minimum atomic E-state index is -0.124. The first-order valence-corrected chi connectivity index (χ1v) is 6.57. The second kappa shape index (κ2) is 5.80. The van der Waals surface area contributed by atoms with Crippen LogP contribution in [0.4, 0.5) is 0 Å². The Morgan fingerprint density at radius 3 is 2.72 bits per heavy atom. The van der Waals surface area contributed by atoms with E-state index >= 15 is 0 Å². The highest BCUT2D eigenvalue weighted by Crippen LogP contribution is 2.20. The number of hydrogen-bond donors (Lipinski definition) is 1. The van der Waals surface area contributed by atoms with E-state index in [1.165, 1.54) is 12.8 Å². The van der Waals surface area contributed by atoms with E-state index in [1.54, 1.807) is 0 Å². The zero-order chi connectivity index (χ0) is 13.0. The van der Waals surface area contributed by atoms with Crippen molar-refractivity contribution < 1.29 is 4.79 Å². The summed E-state index contributed by atoms with van der Waals surface area (Å²) in [5, 5.41) is 4.25. The van der Waals surface area contributed by atoms with Crippen LogP contribution in [0.25, 0.3) is 0 Å². The van der Waals surface area contributed by atoms with Crippen LogP contribution in [0.15, 0.2) is 29.4 Å². The van der Waals surface area contributed by atoms with Gasteiger partial charge in [0.15, 0.2) is 0 Å². The van der Waals surface area contributed by atoms with Crippen molar-refractivity contribution in [3.8, 4) is 0 Å². The molecule has 18 heavy (non-hydrogen) atoms. The Morgan fingerprint density at radius 1 is 1.33 bits per heavy atom. The fraction of sp³-hybridized carbons (Fsp3) is 0.467. The topological polar surface area (TPSA) is 41.5 Å². The molecule has 0 heterocycles. The number of carbonyl (C=O) groups excluding carboxylic acids is 1. The maximum Gasteiger partial charge on any atom is 0.271 e. The molecule has 3 nitrogen and oxygen atoms in total. The fourth-order valence-corrected chi connectivity index (χ4v) is 2.26.